The Labute approximate surface area is 162 Å². The number of carbonyl (C=O) groups excluding carboxylic acids is 1. The summed E-state index contributed by atoms with van der Waals surface area (Å²) >= 11 is 1.64. The molecule has 0 unspecified atom stereocenters. The van der Waals surface area contributed by atoms with Crippen LogP contribution in [0.1, 0.15) is 51.6 Å². The van der Waals surface area contributed by atoms with Gasteiger partial charge >= 0.3 is 0 Å². The summed E-state index contributed by atoms with van der Waals surface area (Å²) in [5.41, 5.74) is 8.55. The van der Waals surface area contributed by atoms with Crippen LogP contribution in [-0.2, 0) is 19.4 Å². The highest BCUT2D eigenvalue weighted by Crippen LogP contribution is 2.29. The number of aromatic nitrogens is 3. The average molecular weight is 382 g/mol. The first-order valence-electron chi connectivity index (χ1n) is 9.37. The fourth-order valence-electron chi connectivity index (χ4n) is 3.37. The maximum atomic E-state index is 12.7. The van der Waals surface area contributed by atoms with E-state index >= 15 is 0 Å². The monoisotopic (exact) mass is 381 g/mol. The molecule has 6 nitrogen and oxygen atoms in total. The van der Waals surface area contributed by atoms with Crippen molar-refractivity contribution in [2.45, 2.75) is 45.1 Å². The highest BCUT2D eigenvalue weighted by atomic mass is 32.1. The third-order valence-electron chi connectivity index (χ3n) is 4.85. The molecule has 1 aliphatic rings. The Morgan fingerprint density at radius 3 is 2.67 bits per heavy atom. The Kier molecular flexibility index (Phi) is 5.31. The zero-order valence-corrected chi connectivity index (χ0v) is 15.9. The molecule has 1 aliphatic carbocycles. The molecule has 0 fully saturated rings. The largest absolute Gasteiger partial charge is 0.324 e. The van der Waals surface area contributed by atoms with Crippen molar-refractivity contribution in [2.75, 3.05) is 5.32 Å². The Morgan fingerprint density at radius 2 is 1.93 bits per heavy atom. The van der Waals surface area contributed by atoms with Crippen molar-refractivity contribution in [2.24, 2.45) is 5.73 Å². The molecule has 7 heteroatoms. The molecular weight excluding hydrogens is 358 g/mol. The Hall–Kier alpha value is -2.51. The highest BCUT2D eigenvalue weighted by molar-refractivity contribution is 7.14. The van der Waals surface area contributed by atoms with Gasteiger partial charge in [-0.05, 0) is 61.6 Å². The van der Waals surface area contributed by atoms with Crippen molar-refractivity contribution in [1.82, 2.24) is 15.2 Å². The van der Waals surface area contributed by atoms with E-state index in [4.69, 9.17) is 5.73 Å². The van der Waals surface area contributed by atoms with Crippen LogP contribution in [0.4, 0.5) is 5.69 Å². The molecule has 0 saturated carbocycles. The summed E-state index contributed by atoms with van der Waals surface area (Å²) in [4.78, 5) is 19.2. The van der Waals surface area contributed by atoms with E-state index in [9.17, 15) is 4.79 Å². The fourth-order valence-corrected chi connectivity index (χ4v) is 4.52. The number of amides is 1. The minimum Gasteiger partial charge on any atom is -0.324 e. The van der Waals surface area contributed by atoms with E-state index in [2.05, 4.69) is 26.6 Å². The number of thiophene rings is 1. The molecule has 27 heavy (non-hydrogen) atoms. The van der Waals surface area contributed by atoms with Gasteiger partial charge in [0.15, 0.2) is 5.82 Å². The molecule has 140 valence electrons. The average Bonchev–Trinajstić information content (AvgIpc) is 3.29. The number of aryl methyl sites for hydroxylation is 2. The smallest absolute Gasteiger partial charge is 0.265 e. The van der Waals surface area contributed by atoms with Crippen LogP contribution in [0.3, 0.4) is 0 Å². The maximum absolute atomic E-state index is 12.7. The molecule has 2 heterocycles. The van der Waals surface area contributed by atoms with Crippen LogP contribution < -0.4 is 11.1 Å². The number of nitrogens with two attached hydrogens (primary N) is 1. The van der Waals surface area contributed by atoms with Gasteiger partial charge < -0.3 is 11.1 Å². The van der Waals surface area contributed by atoms with Crippen LogP contribution in [0.15, 0.2) is 30.3 Å². The van der Waals surface area contributed by atoms with E-state index in [0.29, 0.717) is 18.2 Å². The van der Waals surface area contributed by atoms with E-state index in [1.165, 1.54) is 36.1 Å². The number of carbonyl (C=O) groups is 1. The molecule has 1 amide bonds. The van der Waals surface area contributed by atoms with Crippen LogP contribution in [0.25, 0.3) is 11.4 Å². The van der Waals surface area contributed by atoms with Crippen LogP contribution in [-0.4, -0.2) is 21.1 Å². The molecule has 0 aliphatic heterocycles. The molecule has 4 N–H and O–H groups in total. The van der Waals surface area contributed by atoms with Crippen molar-refractivity contribution >= 4 is 22.9 Å². The standard InChI is InChI=1S/C20H23N5OS/c21-12-18-23-19(25-24-18)13-7-9-15(10-8-13)22-20(26)17-11-14-5-3-1-2-4-6-16(14)27-17/h7-11H,1-6,12,21H2,(H,22,26)(H,23,24,25). The molecule has 0 atom stereocenters. The number of benzene rings is 1. The van der Waals surface area contributed by atoms with Crippen molar-refractivity contribution in [3.05, 3.63) is 51.5 Å². The minimum absolute atomic E-state index is 0.0391. The lowest BCUT2D eigenvalue weighted by molar-refractivity contribution is 0.103. The van der Waals surface area contributed by atoms with Crippen LogP contribution >= 0.6 is 11.3 Å². The molecule has 2 aromatic heterocycles. The van der Waals surface area contributed by atoms with Gasteiger partial charge in [0.05, 0.1) is 11.4 Å². The van der Waals surface area contributed by atoms with E-state index in [1.54, 1.807) is 11.3 Å². The topological polar surface area (TPSA) is 96.7 Å². The van der Waals surface area contributed by atoms with Crippen molar-refractivity contribution in [3.63, 3.8) is 0 Å². The molecule has 1 aromatic carbocycles. The van der Waals surface area contributed by atoms with Gasteiger partial charge in [-0.3, -0.25) is 9.89 Å². The molecule has 4 rings (SSSR count). The van der Waals surface area contributed by atoms with Crippen molar-refractivity contribution in [3.8, 4) is 11.4 Å². The minimum atomic E-state index is -0.0391. The summed E-state index contributed by atoms with van der Waals surface area (Å²) in [6.07, 6.45) is 7.23. The summed E-state index contributed by atoms with van der Waals surface area (Å²) in [5.74, 6) is 1.21. The van der Waals surface area contributed by atoms with Gasteiger partial charge in [-0.15, -0.1) is 11.3 Å². The number of hydrogen-bond acceptors (Lipinski definition) is 5. The Balaban J connectivity index is 1.45. The second-order valence-electron chi connectivity index (χ2n) is 6.81. The second kappa shape index (κ2) is 8.02. The van der Waals surface area contributed by atoms with Gasteiger partial charge in [0.2, 0.25) is 0 Å². The number of nitrogens with one attached hydrogen (secondary N) is 2. The molecular formula is C20H23N5OS. The van der Waals surface area contributed by atoms with Gasteiger partial charge in [-0.2, -0.15) is 5.10 Å². The van der Waals surface area contributed by atoms with Crippen LogP contribution in [0.2, 0.25) is 0 Å². The van der Waals surface area contributed by atoms with Crippen molar-refractivity contribution < 1.29 is 4.79 Å². The number of fused-ring (bicyclic) bond motifs is 1. The predicted octanol–water partition coefficient (Wildman–Crippen LogP) is 3.90. The summed E-state index contributed by atoms with van der Waals surface area (Å²) < 4.78 is 0. The molecule has 0 bridgehead atoms. The van der Waals surface area contributed by atoms with Crippen molar-refractivity contribution in [1.29, 1.82) is 0 Å². The van der Waals surface area contributed by atoms with E-state index < -0.39 is 0 Å². The normalized spacial score (nSPS) is 14.3. The Bertz CT molecular complexity index is 903. The van der Waals surface area contributed by atoms with E-state index in [1.807, 2.05) is 24.3 Å². The maximum Gasteiger partial charge on any atom is 0.265 e. The quantitative estimate of drug-likeness (QED) is 0.638. The zero-order chi connectivity index (χ0) is 18.6. The summed E-state index contributed by atoms with van der Waals surface area (Å²) in [5, 5.41) is 9.94. The summed E-state index contributed by atoms with van der Waals surface area (Å²) in [7, 11) is 0. The van der Waals surface area contributed by atoms with E-state index in [-0.39, 0.29) is 5.91 Å². The third kappa shape index (κ3) is 4.09. The molecule has 0 saturated heterocycles. The van der Waals surface area contributed by atoms with Crippen LogP contribution in [0, 0.1) is 0 Å². The number of anilines is 1. The first-order chi connectivity index (χ1) is 13.2. The summed E-state index contributed by atoms with van der Waals surface area (Å²) in [6, 6.07) is 9.61. The lowest BCUT2D eigenvalue weighted by Crippen LogP contribution is -2.10. The number of rotatable bonds is 4. The summed E-state index contributed by atoms with van der Waals surface area (Å²) in [6.45, 7) is 0.325. The highest BCUT2D eigenvalue weighted by Gasteiger charge is 2.16. The van der Waals surface area contributed by atoms with Crippen LogP contribution in [0.5, 0.6) is 0 Å². The fraction of sp³-hybridized carbons (Fsp3) is 0.350. The van der Waals surface area contributed by atoms with Gasteiger partial charge in [-0.25, -0.2) is 4.98 Å². The van der Waals surface area contributed by atoms with Gasteiger partial charge in [0.1, 0.15) is 5.82 Å². The number of aromatic amines is 1. The second-order valence-corrected chi connectivity index (χ2v) is 7.95. The number of H-pyrrole nitrogens is 1. The lowest BCUT2D eigenvalue weighted by atomic mass is 10.00. The Morgan fingerprint density at radius 1 is 1.15 bits per heavy atom. The zero-order valence-electron chi connectivity index (χ0n) is 15.1. The number of hydrogen-bond donors (Lipinski definition) is 3. The predicted molar refractivity (Wildman–Crippen MR) is 108 cm³/mol. The molecule has 0 radical (unpaired) electrons. The number of nitrogens with zero attached hydrogens (tertiary/aromatic N) is 2. The van der Waals surface area contributed by atoms with E-state index in [0.717, 1.165) is 29.0 Å². The SMILES string of the molecule is NCc1nc(-c2ccc(NC(=O)c3cc4c(s3)CCCCCC4)cc2)n[nH]1. The molecule has 3 aromatic rings. The van der Waals surface area contributed by atoms with Gasteiger partial charge in [0, 0.05) is 16.1 Å². The van der Waals surface area contributed by atoms with Gasteiger partial charge in [-0.1, -0.05) is 12.8 Å². The first kappa shape index (κ1) is 17.9. The third-order valence-corrected chi connectivity index (χ3v) is 6.08. The van der Waals surface area contributed by atoms with Gasteiger partial charge in [0.25, 0.3) is 5.91 Å². The first-order valence-corrected chi connectivity index (χ1v) is 10.2. The lowest BCUT2D eigenvalue weighted by Gasteiger charge is -2.07. The molecule has 0 spiro atoms.